The lowest BCUT2D eigenvalue weighted by molar-refractivity contribution is 0.285. The zero-order valence-electron chi connectivity index (χ0n) is 11.1. The van der Waals surface area contributed by atoms with E-state index in [4.69, 9.17) is 5.73 Å². The molecule has 1 aliphatic rings. The van der Waals surface area contributed by atoms with Gasteiger partial charge in [0.1, 0.15) is 0 Å². The maximum atomic E-state index is 6.06. The van der Waals surface area contributed by atoms with Gasteiger partial charge in [0.2, 0.25) is 5.95 Å². The Morgan fingerprint density at radius 3 is 3.00 bits per heavy atom. The van der Waals surface area contributed by atoms with Crippen LogP contribution in [0.15, 0.2) is 18.2 Å². The van der Waals surface area contributed by atoms with Gasteiger partial charge in [-0.25, -0.2) is 4.98 Å². The van der Waals surface area contributed by atoms with Crippen LogP contribution in [-0.4, -0.2) is 34.1 Å². The normalized spacial score (nSPS) is 20.9. The fourth-order valence-electron chi connectivity index (χ4n) is 2.86. The van der Waals surface area contributed by atoms with Crippen LogP contribution in [0.2, 0.25) is 0 Å². The van der Waals surface area contributed by atoms with E-state index in [0.29, 0.717) is 12.0 Å². The first kappa shape index (κ1) is 11.5. The van der Waals surface area contributed by atoms with Crippen LogP contribution in [0.25, 0.3) is 11.0 Å². The summed E-state index contributed by atoms with van der Waals surface area (Å²) < 4.78 is 2.16. The van der Waals surface area contributed by atoms with Gasteiger partial charge in [0.15, 0.2) is 0 Å². The largest absolute Gasteiger partial charge is 0.369 e. The van der Waals surface area contributed by atoms with Gasteiger partial charge in [0.05, 0.1) is 11.0 Å². The highest BCUT2D eigenvalue weighted by atomic mass is 15.2. The van der Waals surface area contributed by atoms with Gasteiger partial charge in [-0.05, 0) is 51.1 Å². The number of likely N-dealkylation sites (N-methyl/N-ethyl adjacent to an activating group) is 1. The molecule has 1 aromatic heterocycles. The molecule has 2 aromatic rings. The van der Waals surface area contributed by atoms with E-state index in [9.17, 15) is 0 Å². The predicted molar refractivity (Wildman–Crippen MR) is 74.5 cm³/mol. The third kappa shape index (κ3) is 1.86. The number of aryl methyl sites for hydroxylation is 1. The fourth-order valence-corrected chi connectivity index (χ4v) is 2.86. The summed E-state index contributed by atoms with van der Waals surface area (Å²) in [5.41, 5.74) is 9.47. The Morgan fingerprint density at radius 2 is 2.28 bits per heavy atom. The number of nitrogens with two attached hydrogens (primary N) is 1. The average Bonchev–Trinajstić information content (AvgIpc) is 2.86. The van der Waals surface area contributed by atoms with E-state index >= 15 is 0 Å². The van der Waals surface area contributed by atoms with Gasteiger partial charge in [-0.15, -0.1) is 0 Å². The molecule has 1 fully saturated rings. The molecule has 1 aliphatic heterocycles. The van der Waals surface area contributed by atoms with E-state index in [2.05, 4.69) is 46.6 Å². The van der Waals surface area contributed by atoms with Gasteiger partial charge in [-0.1, -0.05) is 6.07 Å². The minimum atomic E-state index is 0.588. The van der Waals surface area contributed by atoms with Crippen molar-refractivity contribution in [2.75, 3.05) is 19.3 Å². The Balaban J connectivity index is 1.99. The van der Waals surface area contributed by atoms with Crippen molar-refractivity contribution in [2.45, 2.75) is 32.4 Å². The molecular formula is C14H20N4. The van der Waals surface area contributed by atoms with Crippen molar-refractivity contribution in [1.29, 1.82) is 0 Å². The Kier molecular flexibility index (Phi) is 2.74. The highest BCUT2D eigenvalue weighted by molar-refractivity contribution is 5.79. The van der Waals surface area contributed by atoms with E-state index in [1.807, 2.05) is 0 Å². The molecule has 2 heterocycles. The van der Waals surface area contributed by atoms with E-state index in [-0.39, 0.29) is 0 Å². The lowest BCUT2D eigenvalue weighted by Crippen LogP contribution is -2.29. The number of nitrogen functional groups attached to an aromatic ring is 1. The molecule has 3 rings (SSSR count). The van der Waals surface area contributed by atoms with Crippen LogP contribution < -0.4 is 5.73 Å². The van der Waals surface area contributed by atoms with Gasteiger partial charge >= 0.3 is 0 Å². The molecule has 1 aromatic carbocycles. The molecule has 0 spiro atoms. The number of fused-ring (bicyclic) bond motifs is 1. The first-order valence-electron chi connectivity index (χ1n) is 6.58. The fraction of sp³-hybridized carbons (Fsp3) is 0.500. The molecule has 0 radical (unpaired) electrons. The number of rotatable bonds is 2. The molecule has 0 amide bonds. The van der Waals surface area contributed by atoms with Crippen LogP contribution in [0.3, 0.4) is 0 Å². The maximum absolute atomic E-state index is 6.06. The lowest BCUT2D eigenvalue weighted by atomic mass is 10.2. The predicted octanol–water partition coefficient (Wildman–Crippen LogP) is 2.02. The van der Waals surface area contributed by atoms with Crippen LogP contribution in [0.5, 0.6) is 0 Å². The van der Waals surface area contributed by atoms with Crippen LogP contribution in [0, 0.1) is 6.92 Å². The molecule has 96 valence electrons. The first-order valence-corrected chi connectivity index (χ1v) is 6.58. The first-order chi connectivity index (χ1) is 8.65. The molecular weight excluding hydrogens is 224 g/mol. The number of imidazole rings is 1. The highest BCUT2D eigenvalue weighted by Gasteiger charge is 2.22. The molecule has 1 unspecified atom stereocenters. The summed E-state index contributed by atoms with van der Waals surface area (Å²) in [6, 6.07) is 6.90. The zero-order chi connectivity index (χ0) is 12.7. The van der Waals surface area contributed by atoms with E-state index in [1.165, 1.54) is 24.9 Å². The molecule has 2 N–H and O–H groups in total. The molecule has 1 saturated heterocycles. The van der Waals surface area contributed by atoms with E-state index < -0.39 is 0 Å². The zero-order valence-corrected chi connectivity index (χ0v) is 11.1. The number of hydrogen-bond acceptors (Lipinski definition) is 3. The summed E-state index contributed by atoms with van der Waals surface area (Å²) in [5.74, 6) is 0.635. The summed E-state index contributed by atoms with van der Waals surface area (Å²) in [7, 11) is 2.19. The highest BCUT2D eigenvalue weighted by Crippen LogP contribution is 2.23. The van der Waals surface area contributed by atoms with Crippen molar-refractivity contribution < 1.29 is 0 Å². The molecule has 0 bridgehead atoms. The molecule has 18 heavy (non-hydrogen) atoms. The second-order valence-corrected chi connectivity index (χ2v) is 5.35. The summed E-state index contributed by atoms with van der Waals surface area (Å²) >= 11 is 0. The molecule has 0 aliphatic carbocycles. The molecule has 1 atom stereocenters. The summed E-state index contributed by atoms with van der Waals surface area (Å²) in [6.07, 6.45) is 2.54. The Labute approximate surface area is 107 Å². The van der Waals surface area contributed by atoms with Crippen LogP contribution in [0.1, 0.15) is 18.4 Å². The molecule has 4 nitrogen and oxygen atoms in total. The van der Waals surface area contributed by atoms with Crippen molar-refractivity contribution in [3.05, 3.63) is 23.8 Å². The van der Waals surface area contributed by atoms with Gasteiger partial charge in [0, 0.05) is 12.6 Å². The molecule has 0 saturated carbocycles. The van der Waals surface area contributed by atoms with Gasteiger partial charge in [-0.3, -0.25) is 0 Å². The number of nitrogens with zero attached hydrogens (tertiary/aromatic N) is 3. The van der Waals surface area contributed by atoms with Crippen molar-refractivity contribution in [3.63, 3.8) is 0 Å². The summed E-state index contributed by atoms with van der Waals surface area (Å²) in [4.78, 5) is 6.86. The maximum Gasteiger partial charge on any atom is 0.201 e. The summed E-state index contributed by atoms with van der Waals surface area (Å²) in [5, 5.41) is 0. The smallest absolute Gasteiger partial charge is 0.201 e. The average molecular weight is 244 g/mol. The van der Waals surface area contributed by atoms with Crippen molar-refractivity contribution in [2.24, 2.45) is 0 Å². The number of likely N-dealkylation sites (tertiary alicyclic amines) is 1. The second-order valence-electron chi connectivity index (χ2n) is 5.35. The Morgan fingerprint density at radius 1 is 1.44 bits per heavy atom. The monoisotopic (exact) mass is 244 g/mol. The SMILES string of the molecule is Cc1ccc2nc(N)n(CC3CCCN3C)c2c1. The number of benzene rings is 1. The third-order valence-corrected chi connectivity index (χ3v) is 4.00. The van der Waals surface area contributed by atoms with E-state index in [1.54, 1.807) is 0 Å². The van der Waals surface area contributed by atoms with Crippen LogP contribution >= 0.6 is 0 Å². The standard InChI is InChI=1S/C14H20N4/c1-10-5-6-12-13(8-10)18(14(15)16-12)9-11-4-3-7-17(11)2/h5-6,8,11H,3-4,7,9H2,1-2H3,(H2,15,16). The topological polar surface area (TPSA) is 47.1 Å². The Bertz CT molecular complexity index is 572. The minimum Gasteiger partial charge on any atom is -0.369 e. The van der Waals surface area contributed by atoms with Gasteiger partial charge in [0.25, 0.3) is 0 Å². The van der Waals surface area contributed by atoms with E-state index in [0.717, 1.165) is 17.6 Å². The van der Waals surface area contributed by atoms with Crippen LogP contribution in [-0.2, 0) is 6.54 Å². The minimum absolute atomic E-state index is 0.588. The number of aromatic nitrogens is 2. The van der Waals surface area contributed by atoms with Crippen molar-refractivity contribution in [3.8, 4) is 0 Å². The lowest BCUT2D eigenvalue weighted by Gasteiger charge is -2.20. The quantitative estimate of drug-likeness (QED) is 0.879. The number of hydrogen-bond donors (Lipinski definition) is 1. The number of anilines is 1. The Hall–Kier alpha value is -1.55. The van der Waals surface area contributed by atoms with Crippen LogP contribution in [0.4, 0.5) is 5.95 Å². The second kappa shape index (κ2) is 4.28. The van der Waals surface area contributed by atoms with Crippen molar-refractivity contribution >= 4 is 17.0 Å². The van der Waals surface area contributed by atoms with Gasteiger partial charge < -0.3 is 15.2 Å². The molecule has 4 heteroatoms. The van der Waals surface area contributed by atoms with Gasteiger partial charge in [-0.2, -0.15) is 0 Å². The summed E-state index contributed by atoms with van der Waals surface area (Å²) in [6.45, 7) is 4.24. The van der Waals surface area contributed by atoms with Crippen molar-refractivity contribution in [1.82, 2.24) is 14.5 Å². The third-order valence-electron chi connectivity index (χ3n) is 4.00.